The van der Waals surface area contributed by atoms with E-state index < -0.39 is 5.92 Å². The number of alkyl halides is 2. The van der Waals surface area contributed by atoms with Gasteiger partial charge in [0, 0.05) is 67.1 Å². The third-order valence-corrected chi connectivity index (χ3v) is 8.59. The quantitative estimate of drug-likeness (QED) is 0.534. The summed E-state index contributed by atoms with van der Waals surface area (Å²) in [6.07, 6.45) is 1.58. The number of aliphatic hydroxyl groups is 1. The second kappa shape index (κ2) is 11.1. The molecule has 0 saturated carbocycles. The molecule has 0 radical (unpaired) electrons. The summed E-state index contributed by atoms with van der Waals surface area (Å²) in [6.45, 7) is 2.09. The van der Waals surface area contributed by atoms with Gasteiger partial charge in [0.2, 0.25) is 5.91 Å². The van der Waals surface area contributed by atoms with Crippen molar-refractivity contribution in [3.63, 3.8) is 0 Å². The number of halogens is 4. The fraction of sp³-hybridized carbons (Fsp3) is 0.500. The minimum absolute atomic E-state index is 0.0443. The third kappa shape index (κ3) is 5.83. The van der Waals surface area contributed by atoms with E-state index in [0.29, 0.717) is 54.5 Å². The van der Waals surface area contributed by atoms with Crippen molar-refractivity contribution in [1.29, 1.82) is 0 Å². The van der Waals surface area contributed by atoms with E-state index in [4.69, 9.17) is 23.2 Å². The van der Waals surface area contributed by atoms with Gasteiger partial charge in [-0.15, -0.1) is 0 Å². The van der Waals surface area contributed by atoms with Gasteiger partial charge in [0.15, 0.2) is 0 Å². The van der Waals surface area contributed by atoms with Crippen molar-refractivity contribution in [2.45, 2.75) is 50.6 Å². The van der Waals surface area contributed by atoms with E-state index in [0.717, 1.165) is 23.1 Å². The maximum atomic E-state index is 13.4. The molecule has 1 atom stereocenters. The Morgan fingerprint density at radius 2 is 1.53 bits per heavy atom. The summed E-state index contributed by atoms with van der Waals surface area (Å²) in [7, 11) is 0. The molecule has 3 saturated heterocycles. The number of piperidine rings is 2. The van der Waals surface area contributed by atoms with E-state index >= 15 is 0 Å². The first-order valence-corrected chi connectivity index (χ1v) is 13.9. The molecule has 3 heterocycles. The van der Waals surface area contributed by atoms with Crippen LogP contribution in [0.2, 0.25) is 10.0 Å². The highest BCUT2D eigenvalue weighted by molar-refractivity contribution is 6.36. The van der Waals surface area contributed by atoms with Gasteiger partial charge in [-0.2, -0.15) is 0 Å². The summed E-state index contributed by atoms with van der Waals surface area (Å²) in [5, 5.41) is 14.6. The number of carbonyl (C=O) groups excluding carboxylic acids is 2. The van der Waals surface area contributed by atoms with E-state index in [2.05, 4.69) is 0 Å². The standard InChI is InChI=1S/C28H31Cl2F2N3O3/c29-24-16-21(18-1-3-19(4-2-18)26(37)33-13-8-28(31,32)9-14-33)17-25(30)23(24)15-20-5-12-35(27(20)38)34-10-6-22(36)7-11-34/h1-4,16-17,20,22,36H,5-15H2/t20-/m0/s1. The van der Waals surface area contributed by atoms with Gasteiger partial charge in [-0.05, 0) is 66.6 Å². The lowest BCUT2D eigenvalue weighted by molar-refractivity contribution is -0.149. The smallest absolute Gasteiger partial charge is 0.253 e. The van der Waals surface area contributed by atoms with Gasteiger partial charge in [-0.3, -0.25) is 14.6 Å². The fourth-order valence-electron chi connectivity index (χ4n) is 5.52. The van der Waals surface area contributed by atoms with Gasteiger partial charge in [0.05, 0.1) is 6.10 Å². The molecule has 0 aromatic heterocycles. The normalized spacial score (nSPS) is 22.8. The van der Waals surface area contributed by atoms with Crippen molar-refractivity contribution in [2.24, 2.45) is 5.92 Å². The maximum absolute atomic E-state index is 13.4. The first kappa shape index (κ1) is 27.3. The molecule has 10 heteroatoms. The van der Waals surface area contributed by atoms with E-state index in [1.54, 1.807) is 24.3 Å². The number of amides is 2. The van der Waals surface area contributed by atoms with Crippen molar-refractivity contribution in [2.75, 3.05) is 32.7 Å². The van der Waals surface area contributed by atoms with Gasteiger partial charge in [-0.1, -0.05) is 35.3 Å². The van der Waals surface area contributed by atoms with Gasteiger partial charge >= 0.3 is 0 Å². The molecule has 2 amide bonds. The zero-order valence-electron chi connectivity index (χ0n) is 21.0. The predicted octanol–water partition coefficient (Wildman–Crippen LogP) is 5.29. The van der Waals surface area contributed by atoms with Gasteiger partial charge < -0.3 is 10.0 Å². The molecule has 3 aliphatic heterocycles. The first-order valence-electron chi connectivity index (χ1n) is 13.1. The molecule has 3 fully saturated rings. The van der Waals surface area contributed by atoms with Crippen LogP contribution < -0.4 is 0 Å². The van der Waals surface area contributed by atoms with Crippen LogP contribution in [0, 0.1) is 5.92 Å². The van der Waals surface area contributed by atoms with Crippen LogP contribution >= 0.6 is 23.2 Å². The molecule has 3 aliphatic rings. The molecule has 2 aromatic carbocycles. The molecule has 38 heavy (non-hydrogen) atoms. The second-order valence-electron chi connectivity index (χ2n) is 10.5. The molecule has 1 N–H and O–H groups in total. The molecule has 5 rings (SSSR count). The highest BCUT2D eigenvalue weighted by Gasteiger charge is 2.37. The van der Waals surface area contributed by atoms with Gasteiger partial charge in [-0.25, -0.2) is 13.8 Å². The lowest BCUT2D eigenvalue weighted by Gasteiger charge is -2.36. The Balaban J connectivity index is 1.24. The molecular formula is C28H31Cl2F2N3O3. The Morgan fingerprint density at radius 1 is 0.921 bits per heavy atom. The van der Waals surface area contributed by atoms with Gasteiger partial charge in [0.25, 0.3) is 11.8 Å². The summed E-state index contributed by atoms with van der Waals surface area (Å²) in [6, 6.07) is 10.6. The topological polar surface area (TPSA) is 64.1 Å². The molecule has 0 bridgehead atoms. The summed E-state index contributed by atoms with van der Waals surface area (Å²) in [4.78, 5) is 27.3. The lowest BCUT2D eigenvalue weighted by atomic mass is 9.95. The van der Waals surface area contributed by atoms with Crippen LogP contribution in [0.5, 0.6) is 0 Å². The predicted molar refractivity (Wildman–Crippen MR) is 142 cm³/mol. The second-order valence-corrected chi connectivity index (χ2v) is 11.3. The van der Waals surface area contributed by atoms with Crippen LogP contribution in [-0.2, 0) is 11.2 Å². The number of hydrazine groups is 1. The summed E-state index contributed by atoms with van der Waals surface area (Å²) >= 11 is 13.3. The third-order valence-electron chi connectivity index (χ3n) is 7.91. The Kier molecular flexibility index (Phi) is 7.96. The number of hydrogen-bond donors (Lipinski definition) is 1. The average molecular weight is 566 g/mol. The number of benzene rings is 2. The Hall–Kier alpha value is -2.26. The van der Waals surface area contributed by atoms with Crippen LogP contribution in [0.1, 0.15) is 48.0 Å². The highest BCUT2D eigenvalue weighted by atomic mass is 35.5. The van der Waals surface area contributed by atoms with Crippen LogP contribution in [-0.4, -0.2) is 76.6 Å². The maximum Gasteiger partial charge on any atom is 0.253 e. The van der Waals surface area contributed by atoms with E-state index in [1.807, 2.05) is 22.2 Å². The highest BCUT2D eigenvalue weighted by Crippen LogP contribution is 2.36. The number of rotatable bonds is 5. The van der Waals surface area contributed by atoms with Crippen molar-refractivity contribution < 1.29 is 23.5 Å². The van der Waals surface area contributed by atoms with E-state index in [1.165, 1.54) is 4.90 Å². The molecule has 6 nitrogen and oxygen atoms in total. The summed E-state index contributed by atoms with van der Waals surface area (Å²) < 4.78 is 26.9. The molecule has 0 unspecified atom stereocenters. The van der Waals surface area contributed by atoms with E-state index in [9.17, 15) is 23.5 Å². The van der Waals surface area contributed by atoms with Crippen molar-refractivity contribution in [3.05, 3.63) is 57.6 Å². The fourth-order valence-corrected chi connectivity index (χ4v) is 6.16. The first-order chi connectivity index (χ1) is 18.1. The monoisotopic (exact) mass is 565 g/mol. The number of nitrogens with zero attached hydrogens (tertiary/aromatic N) is 3. The van der Waals surface area contributed by atoms with Crippen molar-refractivity contribution >= 4 is 35.0 Å². The molecule has 2 aromatic rings. The summed E-state index contributed by atoms with van der Waals surface area (Å²) in [5.74, 6) is -3.10. The zero-order valence-corrected chi connectivity index (χ0v) is 22.5. The average Bonchev–Trinajstić information content (AvgIpc) is 3.26. The van der Waals surface area contributed by atoms with Crippen LogP contribution in [0.15, 0.2) is 36.4 Å². The van der Waals surface area contributed by atoms with Crippen LogP contribution in [0.25, 0.3) is 11.1 Å². The SMILES string of the molecule is O=C(c1ccc(-c2cc(Cl)c(C[C@@H]3CCN(N4CCC(O)CC4)C3=O)c(Cl)c2)cc1)N1CCC(F)(F)CC1. The van der Waals surface area contributed by atoms with Crippen molar-refractivity contribution in [3.8, 4) is 11.1 Å². The molecule has 0 spiro atoms. The van der Waals surface area contributed by atoms with Crippen molar-refractivity contribution in [1.82, 2.24) is 14.9 Å². The number of aliphatic hydroxyl groups excluding tert-OH is 1. The van der Waals surface area contributed by atoms with Gasteiger partial charge in [0.1, 0.15) is 0 Å². The zero-order chi connectivity index (χ0) is 27.0. The minimum Gasteiger partial charge on any atom is -0.393 e. The molecule has 0 aliphatic carbocycles. The minimum atomic E-state index is -2.70. The molecule has 204 valence electrons. The largest absolute Gasteiger partial charge is 0.393 e. The Bertz CT molecular complexity index is 1170. The van der Waals surface area contributed by atoms with Crippen LogP contribution in [0.4, 0.5) is 8.78 Å². The molecular weight excluding hydrogens is 535 g/mol. The summed E-state index contributed by atoms with van der Waals surface area (Å²) in [5.41, 5.74) is 2.78. The Labute approximate surface area is 231 Å². The van der Waals surface area contributed by atoms with E-state index in [-0.39, 0.29) is 49.8 Å². The number of carbonyl (C=O) groups is 2. The Morgan fingerprint density at radius 3 is 2.13 bits per heavy atom. The lowest BCUT2D eigenvalue weighted by Crippen LogP contribution is -2.49. The number of hydrogen-bond acceptors (Lipinski definition) is 4. The number of likely N-dealkylation sites (tertiary alicyclic amines) is 1. The van der Waals surface area contributed by atoms with Crippen LogP contribution in [0.3, 0.4) is 0 Å².